The molecule has 252 valence electrons. The van der Waals surface area contributed by atoms with Crippen molar-refractivity contribution in [2.75, 3.05) is 12.4 Å². The molecule has 0 saturated heterocycles. The number of aliphatic hydroxyl groups excluding tert-OH is 2. The summed E-state index contributed by atoms with van der Waals surface area (Å²) in [6.07, 6.45) is 18.0. The summed E-state index contributed by atoms with van der Waals surface area (Å²) in [5.41, 5.74) is 1.32. The van der Waals surface area contributed by atoms with Crippen molar-refractivity contribution < 1.29 is 20.1 Å². The highest BCUT2D eigenvalue weighted by molar-refractivity contribution is 8.77. The van der Waals surface area contributed by atoms with Crippen LogP contribution in [0.3, 0.4) is 0 Å². The lowest BCUT2D eigenvalue weighted by atomic mass is 9.48. The molecule has 8 aliphatic rings. The Labute approximate surface area is 283 Å². The van der Waals surface area contributed by atoms with Gasteiger partial charge >= 0.3 is 0 Å². The van der Waals surface area contributed by atoms with Crippen molar-refractivity contribution in [2.45, 2.75) is 138 Å². The average Bonchev–Trinajstić information content (AvgIpc) is 3.65. The van der Waals surface area contributed by atoms with E-state index in [9.17, 15) is 15.3 Å². The van der Waals surface area contributed by atoms with Gasteiger partial charge in [0.2, 0.25) is 0 Å². The number of hydrogen-bond donors (Lipinski definition) is 4. The molecule has 2 spiro atoms. The van der Waals surface area contributed by atoms with E-state index in [4.69, 9.17) is 4.74 Å². The summed E-state index contributed by atoms with van der Waals surface area (Å²) in [7, 11) is 6.07. The molecule has 6 fully saturated rings. The van der Waals surface area contributed by atoms with Gasteiger partial charge in [-0.3, -0.25) is 0 Å². The van der Waals surface area contributed by atoms with E-state index in [-0.39, 0.29) is 39.1 Å². The van der Waals surface area contributed by atoms with Gasteiger partial charge in [0, 0.05) is 28.2 Å². The Hall–Kier alpha value is -0.860. The van der Waals surface area contributed by atoms with E-state index in [2.05, 4.69) is 65.0 Å². The molecule has 0 unspecified atom stereocenters. The molecule has 6 saturated carbocycles. The average molecular weight is 666 g/mol. The van der Waals surface area contributed by atoms with Crippen LogP contribution < -0.4 is 5.32 Å². The quantitative estimate of drug-likeness (QED) is 0.225. The van der Waals surface area contributed by atoms with Crippen molar-refractivity contribution in [1.29, 1.82) is 0 Å². The summed E-state index contributed by atoms with van der Waals surface area (Å²) in [5, 5.41) is 39.8. The molecule has 9 rings (SSSR count). The largest absolute Gasteiger partial charge is 0.512 e. The maximum Gasteiger partial charge on any atom is 0.110 e. The highest BCUT2D eigenvalue weighted by atomic mass is 33.1. The minimum atomic E-state index is -1.05. The van der Waals surface area contributed by atoms with Crippen molar-refractivity contribution in [3.05, 3.63) is 41.7 Å². The van der Waals surface area contributed by atoms with Gasteiger partial charge in [-0.1, -0.05) is 66.8 Å². The van der Waals surface area contributed by atoms with Gasteiger partial charge < -0.3 is 25.4 Å². The Morgan fingerprint density at radius 3 is 2.59 bits per heavy atom. The second-order valence-electron chi connectivity index (χ2n) is 17.6. The molecule has 0 amide bonds. The summed E-state index contributed by atoms with van der Waals surface area (Å²) in [6, 6.07) is 9.26. The maximum atomic E-state index is 12.8. The Balaban J connectivity index is 1.16. The van der Waals surface area contributed by atoms with Gasteiger partial charge in [0.05, 0.1) is 23.8 Å². The molecule has 13 atom stereocenters. The zero-order chi connectivity index (χ0) is 31.7. The summed E-state index contributed by atoms with van der Waals surface area (Å²) in [4.78, 5) is 0. The lowest BCUT2D eigenvalue weighted by molar-refractivity contribution is -0.181. The third-order valence-corrected chi connectivity index (χ3v) is 20.2. The van der Waals surface area contributed by atoms with Crippen LogP contribution in [0.4, 0.5) is 5.69 Å². The Morgan fingerprint density at radius 1 is 0.957 bits per heavy atom. The lowest BCUT2D eigenvalue weighted by Gasteiger charge is -2.57. The van der Waals surface area contributed by atoms with Crippen molar-refractivity contribution in [3.63, 3.8) is 0 Å². The van der Waals surface area contributed by atoms with Gasteiger partial charge in [0.25, 0.3) is 0 Å². The van der Waals surface area contributed by atoms with E-state index in [1.165, 1.54) is 63.4 Å². The summed E-state index contributed by atoms with van der Waals surface area (Å²) in [6.45, 7) is 4.98. The second kappa shape index (κ2) is 10.6. The van der Waals surface area contributed by atoms with Crippen LogP contribution in [0, 0.1) is 45.8 Å². The third kappa shape index (κ3) is 3.85. The summed E-state index contributed by atoms with van der Waals surface area (Å²) >= 11 is 0. The first-order chi connectivity index (χ1) is 22.1. The molecule has 4 N–H and O–H groups in total. The lowest BCUT2D eigenvalue weighted by Crippen LogP contribution is -2.59. The molecule has 7 heteroatoms. The normalized spacial score (nSPS) is 51.8. The molecule has 6 bridgehead atoms. The number of anilines is 1. The molecule has 0 aromatic heterocycles. The minimum Gasteiger partial charge on any atom is -0.512 e. The molecule has 0 radical (unpaired) electrons. The molecule has 1 aromatic carbocycles. The number of hydrogen-bond acceptors (Lipinski definition) is 7. The molecule has 5 nitrogen and oxygen atoms in total. The smallest absolute Gasteiger partial charge is 0.110 e. The Morgan fingerprint density at radius 2 is 1.78 bits per heavy atom. The van der Waals surface area contributed by atoms with E-state index < -0.39 is 11.7 Å². The van der Waals surface area contributed by atoms with Crippen LogP contribution in [-0.2, 0) is 11.2 Å². The second-order valence-corrected chi connectivity index (χ2v) is 20.4. The topological polar surface area (TPSA) is 82.0 Å². The Bertz CT molecular complexity index is 1410. The van der Waals surface area contributed by atoms with Gasteiger partial charge in [-0.05, 0) is 129 Å². The van der Waals surface area contributed by atoms with Gasteiger partial charge in [-0.25, -0.2) is 0 Å². The number of aliphatic hydroxyl groups is 3. The van der Waals surface area contributed by atoms with Gasteiger partial charge in [0.1, 0.15) is 11.7 Å². The first-order valence-corrected chi connectivity index (χ1v) is 20.8. The van der Waals surface area contributed by atoms with Crippen LogP contribution in [0.1, 0.15) is 103 Å². The SMILES string of the molecule is CO[C@@H]1C=C(O)[C@H]2[C@@H]3[C@H]4CC[C@]5(C[C@H]6Cc7cccc(c7)N[C@@H]7[C@H](O)CCC[C@H]7SSC7(CCCCC7)[C@@H]6C5)[C@]3(C)[C@](C)(C4)[C@@]12O. The number of methoxy groups -OCH3 is 1. The van der Waals surface area contributed by atoms with Crippen molar-refractivity contribution in [3.8, 4) is 0 Å². The van der Waals surface area contributed by atoms with Crippen LogP contribution in [0.2, 0.25) is 0 Å². The zero-order valence-corrected chi connectivity index (χ0v) is 29.7. The van der Waals surface area contributed by atoms with E-state index in [0.29, 0.717) is 34.7 Å². The number of benzene rings is 1. The fourth-order valence-electron chi connectivity index (χ4n) is 14.3. The minimum absolute atomic E-state index is 0.0576. The van der Waals surface area contributed by atoms with Gasteiger partial charge in [-0.15, -0.1) is 0 Å². The van der Waals surface area contributed by atoms with Crippen LogP contribution in [0.15, 0.2) is 36.1 Å². The standard InChI is InChI=1S/C39H55NO4S2/c1-35-20-24-13-16-37(36(35,2)32(24)33-29(42)19-31(44-3)39(33,35)43)21-25-17-23-9-7-10-26(18-23)40-34-28(41)11-8-12-30(34)45-46-38(27(25)22-37)14-5-4-6-15-38/h7,9-10,18-19,24-25,27-28,30-34,40-43H,4-6,8,11-17,20-22H2,1-3H3/t24-,25+,27+,28+,30+,31+,32-,33-,34+,35-,36-,37+,39+/m0/s1. The number of rotatable bonds is 1. The number of ether oxygens (including phenoxy) is 1. The van der Waals surface area contributed by atoms with Crippen LogP contribution in [0.25, 0.3) is 0 Å². The highest BCUT2D eigenvalue weighted by Crippen LogP contribution is 2.87. The first kappa shape index (κ1) is 31.1. The first-order valence-electron chi connectivity index (χ1n) is 18.6. The zero-order valence-electron chi connectivity index (χ0n) is 28.0. The molecule has 1 heterocycles. The van der Waals surface area contributed by atoms with Crippen LogP contribution >= 0.6 is 21.6 Å². The predicted molar refractivity (Wildman–Crippen MR) is 188 cm³/mol. The fraction of sp³-hybridized carbons (Fsp3) is 0.795. The number of nitrogens with one attached hydrogen (secondary N) is 1. The molecule has 7 aliphatic carbocycles. The fourth-order valence-corrected chi connectivity index (χ4v) is 18.6. The summed E-state index contributed by atoms with van der Waals surface area (Å²) < 4.78 is 6.24. The highest BCUT2D eigenvalue weighted by Gasteiger charge is 2.86. The molecular formula is C39H55NO4S2. The summed E-state index contributed by atoms with van der Waals surface area (Å²) in [5.74, 6) is 2.28. The van der Waals surface area contributed by atoms with Gasteiger partial charge in [-0.2, -0.15) is 0 Å². The van der Waals surface area contributed by atoms with Crippen molar-refractivity contribution >= 4 is 27.3 Å². The van der Waals surface area contributed by atoms with E-state index >= 15 is 0 Å². The molecule has 46 heavy (non-hydrogen) atoms. The van der Waals surface area contributed by atoms with Crippen molar-refractivity contribution in [2.24, 2.45) is 45.8 Å². The maximum absolute atomic E-state index is 12.8. The van der Waals surface area contributed by atoms with Crippen LogP contribution in [0.5, 0.6) is 0 Å². The molecule has 1 aliphatic heterocycles. The van der Waals surface area contributed by atoms with Crippen molar-refractivity contribution in [1.82, 2.24) is 0 Å². The molecule has 1 aromatic rings. The van der Waals surface area contributed by atoms with E-state index in [1.807, 2.05) is 6.08 Å². The third-order valence-electron chi connectivity index (χ3n) is 16.2. The van der Waals surface area contributed by atoms with E-state index in [0.717, 1.165) is 37.8 Å². The monoisotopic (exact) mass is 665 g/mol. The number of fused-ring (bicyclic) bond motifs is 7. The van der Waals surface area contributed by atoms with Gasteiger partial charge in [0.15, 0.2) is 0 Å². The van der Waals surface area contributed by atoms with Crippen LogP contribution in [-0.4, -0.2) is 56.3 Å². The molecular weight excluding hydrogens is 611 g/mol. The Kier molecular flexibility index (Phi) is 7.16. The van der Waals surface area contributed by atoms with E-state index in [1.54, 1.807) is 7.11 Å². The predicted octanol–water partition coefficient (Wildman–Crippen LogP) is 8.31.